The second kappa shape index (κ2) is 6.43. The Kier molecular flexibility index (Phi) is 5.39. The Bertz CT molecular complexity index is 359. The average Bonchev–Trinajstić information content (AvgIpc) is 3.02. The van der Waals surface area contributed by atoms with Crippen LogP contribution in [-0.2, 0) is 14.3 Å². The van der Waals surface area contributed by atoms with Crippen molar-refractivity contribution in [1.29, 1.82) is 0 Å². The summed E-state index contributed by atoms with van der Waals surface area (Å²) in [6, 6.07) is -0.683. The summed E-state index contributed by atoms with van der Waals surface area (Å²) in [4.78, 5) is 23.4. The van der Waals surface area contributed by atoms with Crippen LogP contribution in [0.3, 0.4) is 0 Å². The molecule has 20 heavy (non-hydrogen) atoms. The van der Waals surface area contributed by atoms with E-state index in [1.165, 1.54) is 7.11 Å². The van der Waals surface area contributed by atoms with Crippen LogP contribution >= 0.6 is 0 Å². The smallest absolute Gasteiger partial charge is 0.408 e. The minimum Gasteiger partial charge on any atom is -0.467 e. The molecule has 1 aliphatic carbocycles. The molecule has 0 bridgehead atoms. The van der Waals surface area contributed by atoms with Crippen LogP contribution in [0, 0.1) is 0 Å². The first-order valence-electron chi connectivity index (χ1n) is 7.01. The van der Waals surface area contributed by atoms with E-state index in [0.717, 1.165) is 25.7 Å². The van der Waals surface area contributed by atoms with Gasteiger partial charge in [-0.1, -0.05) is 0 Å². The largest absolute Gasteiger partial charge is 0.467 e. The zero-order valence-electron chi connectivity index (χ0n) is 12.8. The van der Waals surface area contributed by atoms with E-state index in [-0.39, 0.29) is 5.54 Å². The SMILES string of the molecule is COC(=O)C(CCCC1(N)CC1)NC(=O)OC(C)(C)C. The van der Waals surface area contributed by atoms with Gasteiger partial charge in [0.05, 0.1) is 7.11 Å². The molecule has 1 atom stereocenters. The molecule has 0 heterocycles. The molecule has 0 aromatic heterocycles. The highest BCUT2D eigenvalue weighted by atomic mass is 16.6. The maximum atomic E-state index is 11.7. The Morgan fingerprint density at radius 3 is 2.40 bits per heavy atom. The van der Waals surface area contributed by atoms with E-state index in [0.29, 0.717) is 6.42 Å². The van der Waals surface area contributed by atoms with Crippen LogP contribution < -0.4 is 11.1 Å². The standard InChI is InChI=1S/C14H26N2O4/c1-13(2,3)20-12(18)16-10(11(17)19-4)6-5-7-14(15)8-9-14/h10H,5-9,15H2,1-4H3,(H,16,18). The number of esters is 1. The summed E-state index contributed by atoms with van der Waals surface area (Å²) in [6.45, 7) is 5.31. The Morgan fingerprint density at radius 1 is 1.35 bits per heavy atom. The van der Waals surface area contributed by atoms with Gasteiger partial charge in [0, 0.05) is 5.54 Å². The Morgan fingerprint density at radius 2 is 1.95 bits per heavy atom. The lowest BCUT2D eigenvalue weighted by Gasteiger charge is -2.22. The topological polar surface area (TPSA) is 90.6 Å². The third-order valence-corrected chi connectivity index (χ3v) is 3.24. The van der Waals surface area contributed by atoms with Gasteiger partial charge in [-0.3, -0.25) is 0 Å². The van der Waals surface area contributed by atoms with Gasteiger partial charge in [0.1, 0.15) is 11.6 Å². The van der Waals surface area contributed by atoms with Gasteiger partial charge in [-0.05, 0) is 52.9 Å². The van der Waals surface area contributed by atoms with Gasteiger partial charge >= 0.3 is 12.1 Å². The zero-order chi connectivity index (χ0) is 15.4. The number of rotatable bonds is 6. The molecule has 1 saturated carbocycles. The van der Waals surface area contributed by atoms with Crippen molar-refractivity contribution in [2.45, 2.75) is 70.1 Å². The minimum atomic E-state index is -0.683. The second-order valence-corrected chi connectivity index (χ2v) is 6.48. The molecular formula is C14H26N2O4. The molecule has 0 aromatic rings. The van der Waals surface area contributed by atoms with Gasteiger partial charge in [-0.15, -0.1) is 0 Å². The number of ether oxygens (including phenoxy) is 2. The van der Waals surface area contributed by atoms with Gasteiger partial charge in [0.2, 0.25) is 0 Å². The number of carbonyl (C=O) groups excluding carboxylic acids is 2. The maximum absolute atomic E-state index is 11.7. The zero-order valence-corrected chi connectivity index (χ0v) is 12.8. The fourth-order valence-electron chi connectivity index (χ4n) is 1.91. The minimum absolute atomic E-state index is 0.0490. The van der Waals surface area contributed by atoms with E-state index in [2.05, 4.69) is 5.32 Å². The number of hydrogen-bond acceptors (Lipinski definition) is 5. The van der Waals surface area contributed by atoms with E-state index in [4.69, 9.17) is 15.2 Å². The number of carbonyl (C=O) groups is 2. The first kappa shape index (κ1) is 16.8. The third kappa shape index (κ3) is 6.23. The summed E-state index contributed by atoms with van der Waals surface area (Å²) in [6.07, 6.45) is 3.60. The highest BCUT2D eigenvalue weighted by Gasteiger charge is 2.37. The summed E-state index contributed by atoms with van der Waals surface area (Å²) in [5.74, 6) is -0.460. The highest BCUT2D eigenvalue weighted by Crippen LogP contribution is 2.37. The maximum Gasteiger partial charge on any atom is 0.408 e. The normalized spacial score (nSPS) is 18.1. The van der Waals surface area contributed by atoms with Gasteiger partial charge in [0.15, 0.2) is 0 Å². The molecule has 1 rings (SSSR count). The van der Waals surface area contributed by atoms with Crippen molar-refractivity contribution in [3.05, 3.63) is 0 Å². The van der Waals surface area contributed by atoms with Gasteiger partial charge in [-0.25, -0.2) is 9.59 Å². The molecule has 1 amide bonds. The van der Waals surface area contributed by atoms with Crippen molar-refractivity contribution in [2.24, 2.45) is 5.73 Å². The van der Waals surface area contributed by atoms with Crippen LogP contribution in [0.15, 0.2) is 0 Å². The number of nitrogens with one attached hydrogen (secondary N) is 1. The van der Waals surface area contributed by atoms with Crippen molar-refractivity contribution in [3.8, 4) is 0 Å². The first-order valence-corrected chi connectivity index (χ1v) is 7.01. The van der Waals surface area contributed by atoms with Crippen LogP contribution in [0.2, 0.25) is 0 Å². The second-order valence-electron chi connectivity index (χ2n) is 6.48. The van der Waals surface area contributed by atoms with Crippen molar-refractivity contribution < 1.29 is 19.1 Å². The molecule has 3 N–H and O–H groups in total. The molecule has 6 heteroatoms. The summed E-state index contributed by atoms with van der Waals surface area (Å²) >= 11 is 0. The molecule has 6 nitrogen and oxygen atoms in total. The Labute approximate surface area is 120 Å². The lowest BCUT2D eigenvalue weighted by molar-refractivity contribution is -0.143. The summed E-state index contributed by atoms with van der Waals surface area (Å²) in [5, 5.41) is 2.55. The third-order valence-electron chi connectivity index (χ3n) is 3.24. The fraction of sp³-hybridized carbons (Fsp3) is 0.857. The molecule has 0 aromatic carbocycles. The highest BCUT2D eigenvalue weighted by molar-refractivity contribution is 5.81. The molecule has 1 fully saturated rings. The van der Waals surface area contributed by atoms with E-state index in [1.54, 1.807) is 20.8 Å². The van der Waals surface area contributed by atoms with E-state index < -0.39 is 23.7 Å². The summed E-state index contributed by atoms with van der Waals surface area (Å²) < 4.78 is 9.84. The number of nitrogens with two attached hydrogens (primary N) is 1. The number of hydrogen-bond donors (Lipinski definition) is 2. The number of alkyl carbamates (subject to hydrolysis) is 1. The number of amides is 1. The molecule has 0 radical (unpaired) electrons. The molecule has 116 valence electrons. The van der Waals surface area contributed by atoms with Gasteiger partial charge in [0.25, 0.3) is 0 Å². The Balaban J connectivity index is 2.42. The molecule has 0 saturated heterocycles. The Hall–Kier alpha value is -1.30. The lowest BCUT2D eigenvalue weighted by atomic mass is 10.0. The van der Waals surface area contributed by atoms with Crippen LogP contribution in [-0.4, -0.2) is 36.4 Å². The molecule has 1 aliphatic rings. The predicted molar refractivity (Wildman–Crippen MR) is 75.2 cm³/mol. The average molecular weight is 286 g/mol. The first-order chi connectivity index (χ1) is 9.15. The van der Waals surface area contributed by atoms with Crippen molar-refractivity contribution in [1.82, 2.24) is 5.32 Å². The predicted octanol–water partition coefficient (Wildman–Crippen LogP) is 1.71. The monoisotopic (exact) mass is 286 g/mol. The fourth-order valence-corrected chi connectivity index (χ4v) is 1.91. The lowest BCUT2D eigenvalue weighted by Crippen LogP contribution is -2.44. The van der Waals surface area contributed by atoms with Crippen molar-refractivity contribution in [2.75, 3.05) is 7.11 Å². The quantitative estimate of drug-likeness (QED) is 0.725. The van der Waals surface area contributed by atoms with E-state index in [9.17, 15) is 9.59 Å². The molecule has 0 spiro atoms. The van der Waals surface area contributed by atoms with Crippen molar-refractivity contribution >= 4 is 12.1 Å². The van der Waals surface area contributed by atoms with E-state index in [1.807, 2.05) is 0 Å². The van der Waals surface area contributed by atoms with Crippen LogP contribution in [0.4, 0.5) is 4.79 Å². The van der Waals surface area contributed by atoms with Gasteiger partial charge < -0.3 is 20.5 Å². The van der Waals surface area contributed by atoms with Crippen molar-refractivity contribution in [3.63, 3.8) is 0 Å². The summed E-state index contributed by atoms with van der Waals surface area (Å²) in [7, 11) is 1.30. The number of methoxy groups -OCH3 is 1. The van der Waals surface area contributed by atoms with Crippen LogP contribution in [0.1, 0.15) is 52.9 Å². The molecule has 0 aliphatic heterocycles. The van der Waals surface area contributed by atoms with Crippen LogP contribution in [0.5, 0.6) is 0 Å². The van der Waals surface area contributed by atoms with Crippen LogP contribution in [0.25, 0.3) is 0 Å². The molecular weight excluding hydrogens is 260 g/mol. The van der Waals surface area contributed by atoms with E-state index >= 15 is 0 Å². The summed E-state index contributed by atoms with van der Waals surface area (Å²) in [5.41, 5.74) is 5.35. The molecule has 1 unspecified atom stereocenters. The van der Waals surface area contributed by atoms with Gasteiger partial charge in [-0.2, -0.15) is 0 Å².